The molecule has 0 amide bonds. The summed E-state index contributed by atoms with van der Waals surface area (Å²) in [6.45, 7) is 1.01. The molecule has 0 radical (unpaired) electrons. The van der Waals surface area contributed by atoms with Crippen molar-refractivity contribution in [3.63, 3.8) is 0 Å². The predicted molar refractivity (Wildman–Crippen MR) is 88.5 cm³/mol. The molecule has 2 aliphatic rings. The fourth-order valence-electron chi connectivity index (χ4n) is 2.46. The van der Waals surface area contributed by atoms with Crippen LogP contribution in [0.15, 0.2) is 36.5 Å². The van der Waals surface area contributed by atoms with Crippen LogP contribution in [0, 0.1) is 17.8 Å². The molecule has 0 unspecified atom stereocenters. The SMILES string of the molecule is Clc1c(C#Cc2ccccn2)ccc2c1NNN2CC1CC1. The highest BCUT2D eigenvalue weighted by atomic mass is 35.5. The first-order valence-electron chi connectivity index (χ1n) is 7.36. The normalized spacial score (nSPS) is 15.8. The molecule has 1 aromatic carbocycles. The van der Waals surface area contributed by atoms with Crippen molar-refractivity contribution < 1.29 is 0 Å². The smallest absolute Gasteiger partial charge is 0.113 e. The van der Waals surface area contributed by atoms with Crippen molar-refractivity contribution in [2.45, 2.75) is 12.8 Å². The summed E-state index contributed by atoms with van der Waals surface area (Å²) in [5.74, 6) is 6.93. The van der Waals surface area contributed by atoms with E-state index in [2.05, 4.69) is 38.9 Å². The molecule has 0 bridgehead atoms. The van der Waals surface area contributed by atoms with Crippen molar-refractivity contribution in [1.29, 1.82) is 0 Å². The van der Waals surface area contributed by atoms with Gasteiger partial charge in [0.05, 0.1) is 16.4 Å². The Morgan fingerprint density at radius 1 is 1.23 bits per heavy atom. The van der Waals surface area contributed by atoms with E-state index < -0.39 is 0 Å². The van der Waals surface area contributed by atoms with Gasteiger partial charge in [0.1, 0.15) is 5.69 Å². The van der Waals surface area contributed by atoms with Gasteiger partial charge < -0.3 is 5.43 Å². The predicted octanol–water partition coefficient (Wildman–Crippen LogP) is 3.20. The number of nitrogens with zero attached hydrogens (tertiary/aromatic N) is 2. The van der Waals surface area contributed by atoms with Gasteiger partial charge >= 0.3 is 0 Å². The Morgan fingerprint density at radius 2 is 2.14 bits per heavy atom. The largest absolute Gasteiger partial charge is 0.300 e. The second kappa shape index (κ2) is 5.53. The van der Waals surface area contributed by atoms with Crippen LogP contribution in [0.3, 0.4) is 0 Å². The molecule has 2 N–H and O–H groups in total. The van der Waals surface area contributed by atoms with Crippen molar-refractivity contribution in [1.82, 2.24) is 10.5 Å². The van der Waals surface area contributed by atoms with Gasteiger partial charge in [0.2, 0.25) is 0 Å². The third kappa shape index (κ3) is 2.61. The van der Waals surface area contributed by atoms with Crippen molar-refractivity contribution in [2.75, 3.05) is 17.0 Å². The summed E-state index contributed by atoms with van der Waals surface area (Å²) in [5, 5.41) is 2.76. The van der Waals surface area contributed by atoms with Crippen LogP contribution in [0.4, 0.5) is 11.4 Å². The van der Waals surface area contributed by atoms with E-state index in [-0.39, 0.29) is 0 Å². The van der Waals surface area contributed by atoms with E-state index in [9.17, 15) is 0 Å². The minimum atomic E-state index is 0.645. The Kier molecular flexibility index (Phi) is 3.38. The fraction of sp³-hybridized carbons (Fsp3) is 0.235. The number of hydrogen-bond donors (Lipinski definition) is 2. The zero-order valence-electron chi connectivity index (χ0n) is 11.9. The van der Waals surface area contributed by atoms with Crippen LogP contribution in [-0.2, 0) is 0 Å². The van der Waals surface area contributed by atoms with Gasteiger partial charge in [-0.1, -0.05) is 23.6 Å². The van der Waals surface area contributed by atoms with E-state index in [4.69, 9.17) is 11.6 Å². The maximum atomic E-state index is 6.49. The van der Waals surface area contributed by atoms with E-state index in [0.29, 0.717) is 5.02 Å². The minimum absolute atomic E-state index is 0.645. The number of nitrogens with one attached hydrogen (secondary N) is 2. The van der Waals surface area contributed by atoms with Gasteiger partial charge in [-0.3, -0.25) is 5.01 Å². The number of anilines is 2. The van der Waals surface area contributed by atoms with Gasteiger partial charge in [0, 0.05) is 18.3 Å². The lowest BCUT2D eigenvalue weighted by Gasteiger charge is -2.17. The number of benzene rings is 1. The molecular formula is C17H15ClN4. The molecule has 1 fully saturated rings. The summed E-state index contributed by atoms with van der Waals surface area (Å²) in [6.07, 6.45) is 4.36. The topological polar surface area (TPSA) is 40.2 Å². The highest BCUT2D eigenvalue weighted by Gasteiger charge is 2.29. The molecule has 2 aromatic rings. The molecule has 110 valence electrons. The number of fused-ring (bicyclic) bond motifs is 1. The van der Waals surface area contributed by atoms with Gasteiger partial charge in [-0.25, -0.2) is 4.98 Å². The van der Waals surface area contributed by atoms with E-state index in [1.807, 2.05) is 24.3 Å². The highest BCUT2D eigenvalue weighted by Crippen LogP contribution is 2.40. The summed E-state index contributed by atoms with van der Waals surface area (Å²) in [6, 6.07) is 9.69. The van der Waals surface area contributed by atoms with E-state index >= 15 is 0 Å². The summed E-state index contributed by atoms with van der Waals surface area (Å²) in [5.41, 5.74) is 9.84. The Hall–Kier alpha value is -2.22. The Balaban J connectivity index is 1.62. The monoisotopic (exact) mass is 310 g/mol. The zero-order chi connectivity index (χ0) is 14.9. The van der Waals surface area contributed by atoms with Crippen molar-refractivity contribution in [2.24, 2.45) is 5.92 Å². The maximum Gasteiger partial charge on any atom is 0.113 e. The third-order valence-electron chi connectivity index (χ3n) is 3.85. The molecule has 1 aromatic heterocycles. The number of rotatable bonds is 2. The molecule has 4 rings (SSSR count). The number of pyridine rings is 1. The first kappa shape index (κ1) is 13.4. The lowest BCUT2D eigenvalue weighted by molar-refractivity contribution is 0.674. The first-order chi connectivity index (χ1) is 10.8. The van der Waals surface area contributed by atoms with Crippen LogP contribution >= 0.6 is 11.6 Å². The molecule has 2 heterocycles. The van der Waals surface area contributed by atoms with Gasteiger partial charge in [0.15, 0.2) is 0 Å². The lowest BCUT2D eigenvalue weighted by atomic mass is 10.1. The molecule has 5 heteroatoms. The molecule has 1 aliphatic heterocycles. The number of aromatic nitrogens is 1. The molecule has 1 saturated carbocycles. The van der Waals surface area contributed by atoms with Crippen LogP contribution in [0.25, 0.3) is 0 Å². The Labute approximate surface area is 134 Å². The Morgan fingerprint density at radius 3 is 2.91 bits per heavy atom. The molecule has 22 heavy (non-hydrogen) atoms. The van der Waals surface area contributed by atoms with Crippen molar-refractivity contribution >= 4 is 23.0 Å². The number of hydrazine groups is 2. The van der Waals surface area contributed by atoms with Crippen LogP contribution in [0.1, 0.15) is 24.1 Å². The summed E-state index contributed by atoms with van der Waals surface area (Å²) in [7, 11) is 0. The van der Waals surface area contributed by atoms with E-state index in [0.717, 1.165) is 35.1 Å². The number of hydrogen-bond acceptors (Lipinski definition) is 4. The van der Waals surface area contributed by atoms with E-state index in [1.165, 1.54) is 12.8 Å². The molecule has 0 spiro atoms. The van der Waals surface area contributed by atoms with Gasteiger partial charge in [0.25, 0.3) is 0 Å². The quantitative estimate of drug-likeness (QED) is 0.836. The maximum absolute atomic E-state index is 6.49. The molecule has 0 saturated heterocycles. The summed E-state index contributed by atoms with van der Waals surface area (Å²) < 4.78 is 0. The molecule has 4 nitrogen and oxygen atoms in total. The van der Waals surface area contributed by atoms with Crippen molar-refractivity contribution in [3.8, 4) is 11.8 Å². The molecular weight excluding hydrogens is 296 g/mol. The minimum Gasteiger partial charge on any atom is -0.300 e. The van der Waals surface area contributed by atoms with Gasteiger partial charge in [-0.15, -0.1) is 5.53 Å². The molecule has 1 aliphatic carbocycles. The van der Waals surface area contributed by atoms with Crippen molar-refractivity contribution in [3.05, 3.63) is 52.8 Å². The van der Waals surface area contributed by atoms with E-state index in [1.54, 1.807) is 6.20 Å². The average molecular weight is 311 g/mol. The first-order valence-corrected chi connectivity index (χ1v) is 7.74. The third-order valence-corrected chi connectivity index (χ3v) is 4.25. The highest BCUT2D eigenvalue weighted by molar-refractivity contribution is 6.35. The average Bonchev–Trinajstić information content (AvgIpc) is 3.27. The summed E-state index contributed by atoms with van der Waals surface area (Å²) in [4.78, 5) is 4.19. The lowest BCUT2D eigenvalue weighted by Crippen LogP contribution is -2.37. The van der Waals surface area contributed by atoms with Crippen LogP contribution in [-0.4, -0.2) is 11.5 Å². The van der Waals surface area contributed by atoms with Crippen LogP contribution in [0.5, 0.6) is 0 Å². The molecule has 0 atom stereocenters. The number of halogens is 1. The van der Waals surface area contributed by atoms with Gasteiger partial charge in [-0.2, -0.15) is 0 Å². The van der Waals surface area contributed by atoms with Gasteiger partial charge in [-0.05, 0) is 48.9 Å². The second-order valence-electron chi connectivity index (χ2n) is 5.58. The zero-order valence-corrected chi connectivity index (χ0v) is 12.7. The van der Waals surface area contributed by atoms with Crippen LogP contribution in [0.2, 0.25) is 5.02 Å². The standard InChI is InChI=1S/C17H15ClN4/c18-16-13(6-8-14-3-1-2-10-19-14)7-9-15-17(16)20-21-22(15)11-12-4-5-12/h1-3,7,9-10,12,20-21H,4-5,11H2. The Bertz CT molecular complexity index is 759. The second-order valence-corrected chi connectivity index (χ2v) is 5.95. The van der Waals surface area contributed by atoms with Crippen LogP contribution < -0.4 is 16.0 Å². The summed E-state index contributed by atoms with van der Waals surface area (Å²) >= 11 is 6.49. The fourth-order valence-corrected chi connectivity index (χ4v) is 2.71.